The van der Waals surface area contributed by atoms with Gasteiger partial charge in [0.05, 0.1) is 6.07 Å². The van der Waals surface area contributed by atoms with Gasteiger partial charge in [-0.3, -0.25) is 0 Å². The number of nitrogens with zero attached hydrogens (tertiary/aromatic N) is 2. The number of likely N-dealkylation sites (tertiary alicyclic amines) is 1. The Labute approximate surface area is 96.5 Å². The number of allylic oxidation sites excluding steroid dienone is 1. The van der Waals surface area contributed by atoms with E-state index in [1.807, 2.05) is 32.9 Å². The summed E-state index contributed by atoms with van der Waals surface area (Å²) < 4.78 is 5.27. The monoisotopic (exact) mass is 222 g/mol. The lowest BCUT2D eigenvalue weighted by Gasteiger charge is -2.24. The molecular formula is C12H18N2O2. The lowest BCUT2D eigenvalue weighted by atomic mass is 10.1. The van der Waals surface area contributed by atoms with E-state index < -0.39 is 5.60 Å². The van der Waals surface area contributed by atoms with Crippen molar-refractivity contribution in [2.75, 3.05) is 13.1 Å². The molecule has 0 aromatic heterocycles. The van der Waals surface area contributed by atoms with Gasteiger partial charge in [-0.25, -0.2) is 4.79 Å². The third-order valence-electron chi connectivity index (χ3n) is 2.32. The van der Waals surface area contributed by atoms with E-state index in [0.29, 0.717) is 13.1 Å². The van der Waals surface area contributed by atoms with E-state index in [9.17, 15) is 4.79 Å². The fourth-order valence-corrected chi connectivity index (χ4v) is 1.62. The fraction of sp³-hybridized carbons (Fsp3) is 0.667. The summed E-state index contributed by atoms with van der Waals surface area (Å²) in [5.41, 5.74) is -0.447. The molecule has 0 aromatic carbocycles. The number of carbonyl (C=O) groups is 1. The van der Waals surface area contributed by atoms with Crippen LogP contribution in [0.2, 0.25) is 0 Å². The molecule has 0 N–H and O–H groups in total. The molecule has 1 heterocycles. The molecule has 0 saturated carbocycles. The Morgan fingerprint density at radius 2 is 2.25 bits per heavy atom. The maximum atomic E-state index is 11.7. The van der Waals surface area contributed by atoms with Crippen LogP contribution < -0.4 is 0 Å². The fourth-order valence-electron chi connectivity index (χ4n) is 1.62. The van der Waals surface area contributed by atoms with Crippen molar-refractivity contribution in [2.45, 2.75) is 32.8 Å². The van der Waals surface area contributed by atoms with Crippen LogP contribution in [0.25, 0.3) is 0 Å². The summed E-state index contributed by atoms with van der Waals surface area (Å²) in [7, 11) is 0. The van der Waals surface area contributed by atoms with Crippen LogP contribution in [0.15, 0.2) is 12.2 Å². The number of hydrogen-bond acceptors (Lipinski definition) is 3. The van der Waals surface area contributed by atoms with Gasteiger partial charge in [0.2, 0.25) is 0 Å². The first kappa shape index (κ1) is 12.6. The summed E-state index contributed by atoms with van der Waals surface area (Å²) in [6.45, 7) is 6.92. The molecule has 1 aliphatic rings. The Bertz CT molecular complexity index is 323. The molecule has 1 amide bonds. The summed E-state index contributed by atoms with van der Waals surface area (Å²) in [6, 6.07) is 1.96. The first-order chi connectivity index (χ1) is 7.42. The van der Waals surface area contributed by atoms with Crippen molar-refractivity contribution in [1.82, 2.24) is 4.90 Å². The van der Waals surface area contributed by atoms with Crippen LogP contribution in [0.3, 0.4) is 0 Å². The van der Waals surface area contributed by atoms with E-state index in [2.05, 4.69) is 0 Å². The SMILES string of the molecule is CC(C)(C)OC(=O)N1CC[C@H](/C=C/C#N)C1. The molecule has 0 spiro atoms. The van der Waals surface area contributed by atoms with E-state index >= 15 is 0 Å². The highest BCUT2D eigenvalue weighted by Gasteiger charge is 2.28. The largest absolute Gasteiger partial charge is 0.444 e. The molecule has 1 aliphatic heterocycles. The predicted molar refractivity (Wildman–Crippen MR) is 60.7 cm³/mol. The maximum Gasteiger partial charge on any atom is 0.410 e. The van der Waals surface area contributed by atoms with Gasteiger partial charge in [0.25, 0.3) is 0 Å². The number of rotatable bonds is 1. The first-order valence-corrected chi connectivity index (χ1v) is 5.46. The van der Waals surface area contributed by atoms with Crippen LogP contribution in [0.5, 0.6) is 0 Å². The van der Waals surface area contributed by atoms with Crippen LogP contribution in [0, 0.1) is 17.2 Å². The molecule has 0 unspecified atom stereocenters. The van der Waals surface area contributed by atoms with Gasteiger partial charge in [-0.2, -0.15) is 5.26 Å². The van der Waals surface area contributed by atoms with E-state index in [1.54, 1.807) is 4.90 Å². The van der Waals surface area contributed by atoms with Crippen molar-refractivity contribution in [3.63, 3.8) is 0 Å². The second-order valence-corrected chi connectivity index (χ2v) is 4.96. The quantitative estimate of drug-likeness (QED) is 0.640. The van der Waals surface area contributed by atoms with Gasteiger partial charge in [0.1, 0.15) is 5.60 Å². The summed E-state index contributed by atoms with van der Waals surface area (Å²) in [5, 5.41) is 8.41. The van der Waals surface area contributed by atoms with Crippen molar-refractivity contribution >= 4 is 6.09 Å². The zero-order valence-electron chi connectivity index (χ0n) is 10.1. The predicted octanol–water partition coefficient (Wildman–Crippen LogP) is 2.32. The van der Waals surface area contributed by atoms with Gasteiger partial charge in [-0.05, 0) is 33.1 Å². The first-order valence-electron chi connectivity index (χ1n) is 5.46. The molecule has 4 heteroatoms. The molecule has 1 rings (SSSR count). The zero-order chi connectivity index (χ0) is 12.2. The van der Waals surface area contributed by atoms with Crippen molar-refractivity contribution in [2.24, 2.45) is 5.92 Å². The van der Waals surface area contributed by atoms with Crippen LogP contribution >= 0.6 is 0 Å². The second-order valence-electron chi connectivity index (χ2n) is 4.96. The molecule has 16 heavy (non-hydrogen) atoms. The minimum absolute atomic E-state index is 0.264. The standard InChI is InChI=1S/C12H18N2O2/c1-12(2,3)16-11(15)14-8-6-10(9-14)5-4-7-13/h4-5,10H,6,8-9H2,1-3H3/b5-4+/t10-/m0/s1. The Hall–Kier alpha value is -1.50. The van der Waals surface area contributed by atoms with Crippen molar-refractivity contribution in [1.29, 1.82) is 5.26 Å². The number of amides is 1. The highest BCUT2D eigenvalue weighted by molar-refractivity contribution is 5.68. The Morgan fingerprint density at radius 1 is 1.56 bits per heavy atom. The lowest BCUT2D eigenvalue weighted by molar-refractivity contribution is 0.0291. The summed E-state index contributed by atoms with van der Waals surface area (Å²) in [4.78, 5) is 13.4. The molecule has 0 bridgehead atoms. The Kier molecular flexibility index (Phi) is 3.94. The van der Waals surface area contributed by atoms with Crippen molar-refractivity contribution in [3.8, 4) is 6.07 Å². The summed E-state index contributed by atoms with van der Waals surface area (Å²) in [5.74, 6) is 0.284. The van der Waals surface area contributed by atoms with Crippen LogP contribution in [-0.2, 0) is 4.74 Å². The maximum absolute atomic E-state index is 11.7. The Morgan fingerprint density at radius 3 is 2.81 bits per heavy atom. The average molecular weight is 222 g/mol. The van der Waals surface area contributed by atoms with Gasteiger partial charge < -0.3 is 9.64 Å². The molecule has 1 atom stereocenters. The number of ether oxygens (including phenoxy) is 1. The third kappa shape index (κ3) is 3.93. The number of carbonyl (C=O) groups excluding carboxylic acids is 1. The summed E-state index contributed by atoms with van der Waals surface area (Å²) >= 11 is 0. The van der Waals surface area contributed by atoms with Crippen molar-refractivity contribution < 1.29 is 9.53 Å². The zero-order valence-corrected chi connectivity index (χ0v) is 10.1. The van der Waals surface area contributed by atoms with Gasteiger partial charge >= 0.3 is 6.09 Å². The van der Waals surface area contributed by atoms with E-state index in [4.69, 9.17) is 10.00 Å². The normalized spacial score (nSPS) is 21.1. The van der Waals surface area contributed by atoms with Crippen LogP contribution in [-0.4, -0.2) is 29.7 Å². The van der Waals surface area contributed by atoms with Crippen LogP contribution in [0.4, 0.5) is 4.79 Å². The molecule has 0 aromatic rings. The molecule has 1 fully saturated rings. The highest BCUT2D eigenvalue weighted by Crippen LogP contribution is 2.20. The van der Waals surface area contributed by atoms with E-state index in [-0.39, 0.29) is 12.0 Å². The van der Waals surface area contributed by atoms with Gasteiger partial charge in [-0.1, -0.05) is 6.08 Å². The number of hydrogen-bond donors (Lipinski definition) is 0. The molecule has 1 saturated heterocycles. The van der Waals surface area contributed by atoms with Crippen molar-refractivity contribution in [3.05, 3.63) is 12.2 Å². The minimum Gasteiger partial charge on any atom is -0.444 e. The second kappa shape index (κ2) is 5.02. The Balaban J connectivity index is 2.45. The molecular weight excluding hydrogens is 204 g/mol. The van der Waals surface area contributed by atoms with Gasteiger partial charge in [0, 0.05) is 19.2 Å². The van der Waals surface area contributed by atoms with E-state index in [0.717, 1.165) is 6.42 Å². The smallest absolute Gasteiger partial charge is 0.410 e. The number of nitriles is 1. The van der Waals surface area contributed by atoms with Crippen LogP contribution in [0.1, 0.15) is 27.2 Å². The van der Waals surface area contributed by atoms with Gasteiger partial charge in [-0.15, -0.1) is 0 Å². The minimum atomic E-state index is -0.447. The van der Waals surface area contributed by atoms with Gasteiger partial charge in [0.15, 0.2) is 0 Å². The summed E-state index contributed by atoms with van der Waals surface area (Å²) in [6.07, 6.45) is 3.96. The third-order valence-corrected chi connectivity index (χ3v) is 2.32. The highest BCUT2D eigenvalue weighted by atomic mass is 16.6. The molecule has 4 nitrogen and oxygen atoms in total. The topological polar surface area (TPSA) is 53.3 Å². The molecule has 0 radical (unpaired) electrons. The lowest BCUT2D eigenvalue weighted by Crippen LogP contribution is -2.35. The average Bonchev–Trinajstić information content (AvgIpc) is 2.60. The molecule has 88 valence electrons. The molecule has 0 aliphatic carbocycles. The van der Waals surface area contributed by atoms with E-state index in [1.165, 1.54) is 6.08 Å².